The highest BCUT2D eigenvalue weighted by molar-refractivity contribution is 5.91. The second-order valence-corrected chi connectivity index (χ2v) is 12.5. The molecule has 2 heterocycles. The number of anilines is 2. The van der Waals surface area contributed by atoms with E-state index in [1.54, 1.807) is 0 Å². The molecule has 0 unspecified atom stereocenters. The van der Waals surface area contributed by atoms with E-state index in [9.17, 15) is 4.79 Å². The molecule has 0 radical (unpaired) electrons. The lowest BCUT2D eigenvalue weighted by Crippen LogP contribution is -2.46. The standard InChI is InChI=1S/C37H50N4O2/c1-37(43-36(42)38-35-21-13-12-20-34(35)32-16-8-6-9-17-32)22-26-39(27-23-37)24-14-4-2-3-5-15-25-40-28-30-41(31-29-40)33-18-10-7-11-19-33/h6-13,16-21H,2-5,14-15,22-31H2,1H3,(H,38,42). The number of amides is 1. The van der Waals surface area contributed by atoms with Crippen LogP contribution in [0.15, 0.2) is 84.9 Å². The van der Waals surface area contributed by atoms with Gasteiger partial charge < -0.3 is 14.5 Å². The van der Waals surface area contributed by atoms with Gasteiger partial charge in [-0.1, -0.05) is 92.4 Å². The number of likely N-dealkylation sites (tertiary alicyclic amines) is 1. The van der Waals surface area contributed by atoms with Crippen LogP contribution in [0, 0.1) is 0 Å². The number of rotatable bonds is 13. The first-order chi connectivity index (χ1) is 21.1. The normalized spacial score (nSPS) is 17.5. The van der Waals surface area contributed by atoms with Crippen molar-refractivity contribution in [1.29, 1.82) is 0 Å². The fourth-order valence-corrected chi connectivity index (χ4v) is 6.42. The fourth-order valence-electron chi connectivity index (χ4n) is 6.42. The molecule has 5 rings (SSSR count). The monoisotopic (exact) mass is 582 g/mol. The Morgan fingerprint density at radius 1 is 0.674 bits per heavy atom. The Balaban J connectivity index is 0.903. The first kappa shape index (κ1) is 31.1. The summed E-state index contributed by atoms with van der Waals surface area (Å²) in [4.78, 5) is 20.6. The van der Waals surface area contributed by atoms with E-state index in [1.807, 2.05) is 42.5 Å². The van der Waals surface area contributed by atoms with Crippen LogP contribution in [-0.4, -0.2) is 73.9 Å². The van der Waals surface area contributed by atoms with Crippen molar-refractivity contribution in [2.45, 2.75) is 63.9 Å². The van der Waals surface area contributed by atoms with Crippen molar-refractivity contribution in [2.24, 2.45) is 0 Å². The first-order valence-corrected chi connectivity index (χ1v) is 16.5. The summed E-state index contributed by atoms with van der Waals surface area (Å²) in [6, 6.07) is 28.8. The molecule has 6 nitrogen and oxygen atoms in total. The van der Waals surface area contributed by atoms with Crippen LogP contribution < -0.4 is 10.2 Å². The second kappa shape index (κ2) is 15.9. The van der Waals surface area contributed by atoms with Gasteiger partial charge in [0.1, 0.15) is 5.60 Å². The third-order valence-electron chi connectivity index (χ3n) is 9.19. The lowest BCUT2D eigenvalue weighted by Gasteiger charge is -2.38. The number of para-hydroxylation sites is 2. The maximum absolute atomic E-state index is 12.9. The third kappa shape index (κ3) is 9.57. The number of benzene rings is 3. The predicted octanol–water partition coefficient (Wildman–Crippen LogP) is 7.92. The number of hydrogen-bond donors (Lipinski definition) is 1. The van der Waals surface area contributed by atoms with Gasteiger partial charge in [-0.15, -0.1) is 0 Å². The quantitative estimate of drug-likeness (QED) is 0.208. The molecule has 6 heteroatoms. The molecule has 3 aromatic rings. The Kier molecular flexibility index (Phi) is 11.5. The zero-order valence-electron chi connectivity index (χ0n) is 26.1. The highest BCUT2D eigenvalue weighted by Crippen LogP contribution is 2.30. The van der Waals surface area contributed by atoms with Crippen molar-refractivity contribution < 1.29 is 9.53 Å². The smallest absolute Gasteiger partial charge is 0.412 e. The van der Waals surface area contributed by atoms with E-state index in [0.717, 1.165) is 62.4 Å². The van der Waals surface area contributed by atoms with Crippen LogP contribution in [0.3, 0.4) is 0 Å². The zero-order chi connectivity index (χ0) is 29.7. The number of nitrogens with zero attached hydrogens (tertiary/aromatic N) is 3. The molecule has 43 heavy (non-hydrogen) atoms. The van der Waals surface area contributed by atoms with E-state index in [-0.39, 0.29) is 6.09 Å². The van der Waals surface area contributed by atoms with Gasteiger partial charge in [-0.05, 0) is 69.5 Å². The number of ether oxygens (including phenoxy) is 1. The Morgan fingerprint density at radius 2 is 1.21 bits per heavy atom. The number of carbonyl (C=O) groups excluding carboxylic acids is 1. The van der Waals surface area contributed by atoms with E-state index >= 15 is 0 Å². The predicted molar refractivity (Wildman–Crippen MR) is 179 cm³/mol. The molecule has 0 aromatic heterocycles. The summed E-state index contributed by atoms with van der Waals surface area (Å²) < 4.78 is 5.99. The molecule has 1 amide bonds. The number of nitrogens with one attached hydrogen (secondary N) is 1. The fraction of sp³-hybridized carbons (Fsp3) is 0.486. The topological polar surface area (TPSA) is 48.1 Å². The van der Waals surface area contributed by atoms with Gasteiger partial charge in [-0.3, -0.25) is 10.2 Å². The van der Waals surface area contributed by atoms with Gasteiger partial charge >= 0.3 is 6.09 Å². The van der Waals surface area contributed by atoms with Gasteiger partial charge in [0, 0.05) is 50.5 Å². The van der Waals surface area contributed by atoms with Gasteiger partial charge in [-0.2, -0.15) is 0 Å². The minimum Gasteiger partial charge on any atom is -0.443 e. The van der Waals surface area contributed by atoms with Gasteiger partial charge in [0.25, 0.3) is 0 Å². The number of piperazine rings is 1. The lowest BCUT2D eigenvalue weighted by atomic mass is 9.93. The summed E-state index contributed by atoms with van der Waals surface area (Å²) in [6.07, 6.45) is 9.30. The summed E-state index contributed by atoms with van der Waals surface area (Å²) in [6.45, 7) is 11.1. The Hall–Kier alpha value is -3.35. The SMILES string of the molecule is CC1(OC(=O)Nc2ccccc2-c2ccccc2)CCN(CCCCCCCCN2CCN(c3ccccc3)CC2)CC1. The molecule has 0 atom stereocenters. The van der Waals surface area contributed by atoms with Crippen LogP contribution in [0.5, 0.6) is 0 Å². The maximum Gasteiger partial charge on any atom is 0.412 e. The largest absolute Gasteiger partial charge is 0.443 e. The van der Waals surface area contributed by atoms with E-state index in [1.165, 1.54) is 63.8 Å². The minimum atomic E-state index is -0.420. The van der Waals surface area contributed by atoms with Crippen LogP contribution in [0.1, 0.15) is 58.3 Å². The van der Waals surface area contributed by atoms with Crippen molar-refractivity contribution in [3.05, 3.63) is 84.9 Å². The number of hydrogen-bond acceptors (Lipinski definition) is 5. The van der Waals surface area contributed by atoms with E-state index in [4.69, 9.17) is 4.74 Å². The van der Waals surface area contributed by atoms with Crippen LogP contribution in [0.25, 0.3) is 11.1 Å². The molecule has 230 valence electrons. The summed E-state index contributed by atoms with van der Waals surface area (Å²) in [5.74, 6) is 0. The molecule has 2 saturated heterocycles. The molecule has 0 saturated carbocycles. The molecule has 2 aliphatic heterocycles. The molecule has 2 aliphatic rings. The molecule has 0 aliphatic carbocycles. The van der Waals surface area contributed by atoms with Crippen LogP contribution in [0.4, 0.5) is 16.2 Å². The van der Waals surface area contributed by atoms with Crippen molar-refractivity contribution >= 4 is 17.5 Å². The average Bonchev–Trinajstić information content (AvgIpc) is 3.04. The van der Waals surface area contributed by atoms with E-state index in [2.05, 4.69) is 69.4 Å². The van der Waals surface area contributed by atoms with E-state index < -0.39 is 5.60 Å². The molecule has 3 aromatic carbocycles. The second-order valence-electron chi connectivity index (χ2n) is 12.5. The molecule has 0 spiro atoms. The minimum absolute atomic E-state index is 0.367. The Bertz CT molecular complexity index is 1240. The van der Waals surface area contributed by atoms with Crippen LogP contribution in [0.2, 0.25) is 0 Å². The summed E-state index contributed by atoms with van der Waals surface area (Å²) in [5, 5.41) is 3.00. The first-order valence-electron chi connectivity index (χ1n) is 16.5. The number of unbranched alkanes of at least 4 members (excludes halogenated alkanes) is 5. The van der Waals surface area contributed by atoms with Gasteiger partial charge in [-0.25, -0.2) is 4.79 Å². The average molecular weight is 583 g/mol. The number of piperidine rings is 1. The molecular formula is C37H50N4O2. The summed E-state index contributed by atoms with van der Waals surface area (Å²) in [5.41, 5.74) is 3.79. The molecule has 0 bridgehead atoms. The summed E-state index contributed by atoms with van der Waals surface area (Å²) >= 11 is 0. The molecule has 2 fully saturated rings. The maximum atomic E-state index is 12.9. The van der Waals surface area contributed by atoms with Gasteiger partial charge in [0.15, 0.2) is 0 Å². The lowest BCUT2D eigenvalue weighted by molar-refractivity contribution is -0.0163. The number of carbonyl (C=O) groups is 1. The highest BCUT2D eigenvalue weighted by Gasteiger charge is 2.33. The Morgan fingerprint density at radius 3 is 1.86 bits per heavy atom. The van der Waals surface area contributed by atoms with Crippen molar-refractivity contribution in [3.8, 4) is 11.1 Å². The molecular weight excluding hydrogens is 532 g/mol. The van der Waals surface area contributed by atoms with Crippen molar-refractivity contribution in [3.63, 3.8) is 0 Å². The van der Waals surface area contributed by atoms with E-state index in [0.29, 0.717) is 0 Å². The van der Waals surface area contributed by atoms with Crippen LogP contribution in [-0.2, 0) is 4.74 Å². The van der Waals surface area contributed by atoms with Crippen LogP contribution >= 0.6 is 0 Å². The highest BCUT2D eigenvalue weighted by atomic mass is 16.6. The third-order valence-corrected chi connectivity index (χ3v) is 9.19. The van der Waals surface area contributed by atoms with Gasteiger partial charge in [0.2, 0.25) is 0 Å². The zero-order valence-corrected chi connectivity index (χ0v) is 26.1. The van der Waals surface area contributed by atoms with Gasteiger partial charge in [0.05, 0.1) is 5.69 Å². The van der Waals surface area contributed by atoms with Crippen molar-refractivity contribution in [1.82, 2.24) is 9.80 Å². The summed E-state index contributed by atoms with van der Waals surface area (Å²) in [7, 11) is 0. The Labute approximate surface area is 259 Å². The molecule has 1 N–H and O–H groups in total. The van der Waals surface area contributed by atoms with Crippen molar-refractivity contribution in [2.75, 3.05) is 62.6 Å².